The summed E-state index contributed by atoms with van der Waals surface area (Å²) in [6.45, 7) is 0.550. The summed E-state index contributed by atoms with van der Waals surface area (Å²) in [7, 11) is 0. The zero-order chi connectivity index (χ0) is 6.41. The minimum Gasteiger partial charge on any atom is -0.402 e. The van der Waals surface area contributed by atoms with Crippen LogP contribution in [0.4, 0.5) is 0 Å². The first kappa shape index (κ1) is 7.46. The van der Waals surface area contributed by atoms with Gasteiger partial charge in [0.25, 0.3) is 0 Å². The highest BCUT2D eigenvalue weighted by molar-refractivity contribution is 4.96. The number of nitrogens with two attached hydrogens (primary N) is 2. The average Bonchev–Trinajstić information content (AvgIpc) is 1.68. The molecule has 0 rings (SSSR count). The summed E-state index contributed by atoms with van der Waals surface area (Å²) in [5, 5.41) is 8.30. The molecule has 48 valence electrons. The minimum absolute atomic E-state index is 0.0995. The maximum atomic E-state index is 8.30. The molecule has 8 heavy (non-hydrogen) atoms. The van der Waals surface area contributed by atoms with E-state index < -0.39 is 0 Å². The van der Waals surface area contributed by atoms with E-state index in [0.29, 0.717) is 18.7 Å². The lowest BCUT2D eigenvalue weighted by Gasteiger charge is -1.93. The van der Waals surface area contributed by atoms with Crippen molar-refractivity contribution in [3.05, 3.63) is 11.8 Å². The Bertz CT molecular complexity index is 80.5. The lowest BCUT2D eigenvalue weighted by Crippen LogP contribution is -2.04. The molecular weight excluding hydrogens is 104 g/mol. The van der Waals surface area contributed by atoms with Crippen molar-refractivity contribution in [1.82, 2.24) is 0 Å². The van der Waals surface area contributed by atoms with E-state index in [0.717, 1.165) is 0 Å². The van der Waals surface area contributed by atoms with E-state index in [1.54, 1.807) is 6.08 Å². The summed E-state index contributed by atoms with van der Waals surface area (Å²) in [6, 6.07) is 0. The third-order valence-corrected chi connectivity index (χ3v) is 0.781. The van der Waals surface area contributed by atoms with Gasteiger partial charge in [0, 0.05) is 25.3 Å². The summed E-state index contributed by atoms with van der Waals surface area (Å²) in [5.41, 5.74) is 11.1. The van der Waals surface area contributed by atoms with Crippen LogP contribution in [0.25, 0.3) is 0 Å². The Kier molecular flexibility index (Phi) is 4.30. The van der Waals surface area contributed by atoms with Crippen LogP contribution < -0.4 is 11.5 Å². The van der Waals surface area contributed by atoms with Gasteiger partial charge in [-0.2, -0.15) is 0 Å². The molecule has 0 fully saturated rings. The highest BCUT2D eigenvalue weighted by Gasteiger charge is 1.83. The van der Waals surface area contributed by atoms with Crippen molar-refractivity contribution < 1.29 is 5.11 Å². The van der Waals surface area contributed by atoms with Crippen molar-refractivity contribution in [1.29, 1.82) is 0 Å². The van der Waals surface area contributed by atoms with Crippen molar-refractivity contribution in [2.45, 2.75) is 6.42 Å². The zero-order valence-electron chi connectivity index (χ0n) is 4.80. The highest BCUT2D eigenvalue weighted by Crippen LogP contribution is 1.86. The van der Waals surface area contributed by atoms with Crippen LogP contribution in [0.5, 0.6) is 0 Å². The molecule has 0 radical (unpaired) electrons. The van der Waals surface area contributed by atoms with Crippen molar-refractivity contribution >= 4 is 0 Å². The molecule has 3 nitrogen and oxygen atoms in total. The third kappa shape index (κ3) is 3.64. The van der Waals surface area contributed by atoms with Gasteiger partial charge in [-0.25, -0.2) is 0 Å². The van der Waals surface area contributed by atoms with Gasteiger partial charge in [0.2, 0.25) is 0 Å². The minimum atomic E-state index is 0.0995. The molecule has 0 aliphatic carbocycles. The van der Waals surface area contributed by atoms with E-state index in [2.05, 4.69) is 0 Å². The number of hydrogen-bond acceptors (Lipinski definition) is 3. The van der Waals surface area contributed by atoms with Crippen LogP contribution in [0, 0.1) is 0 Å². The van der Waals surface area contributed by atoms with Gasteiger partial charge in [-0.05, 0) is 0 Å². The Labute approximate surface area is 49.0 Å². The molecule has 0 saturated heterocycles. The Morgan fingerprint density at radius 2 is 2.25 bits per heavy atom. The van der Waals surface area contributed by atoms with Crippen molar-refractivity contribution in [2.75, 3.05) is 13.2 Å². The fourth-order valence-electron chi connectivity index (χ4n) is 0.383. The van der Waals surface area contributed by atoms with E-state index >= 15 is 0 Å². The van der Waals surface area contributed by atoms with Crippen LogP contribution in [-0.4, -0.2) is 18.3 Å². The summed E-state index contributed by atoms with van der Waals surface area (Å²) < 4.78 is 0. The maximum Gasteiger partial charge on any atom is 0.0485 e. The second-order valence-corrected chi connectivity index (χ2v) is 1.49. The van der Waals surface area contributed by atoms with E-state index in [1.807, 2.05) is 0 Å². The van der Waals surface area contributed by atoms with E-state index in [9.17, 15) is 0 Å². The van der Waals surface area contributed by atoms with Gasteiger partial charge in [0.1, 0.15) is 0 Å². The standard InChI is InChI=1S/C5H12N2O/c6-3-1-5(7)2-4-8/h1,8H,2-4,6-7H2. The Balaban J connectivity index is 3.29. The first-order valence-electron chi connectivity index (χ1n) is 2.56. The Hall–Kier alpha value is -0.540. The molecule has 0 aromatic rings. The van der Waals surface area contributed by atoms with Crippen LogP contribution in [0.1, 0.15) is 6.42 Å². The summed E-state index contributed by atoms with van der Waals surface area (Å²) in [5.74, 6) is 0. The molecule has 0 bridgehead atoms. The van der Waals surface area contributed by atoms with Crippen molar-refractivity contribution in [3.63, 3.8) is 0 Å². The lowest BCUT2D eigenvalue weighted by molar-refractivity contribution is 0.298. The molecule has 3 heteroatoms. The molecule has 0 atom stereocenters. The Morgan fingerprint density at radius 1 is 1.62 bits per heavy atom. The highest BCUT2D eigenvalue weighted by atomic mass is 16.3. The molecule has 0 amide bonds. The summed E-state index contributed by atoms with van der Waals surface area (Å²) in [4.78, 5) is 0. The van der Waals surface area contributed by atoms with Crippen LogP contribution in [0.2, 0.25) is 0 Å². The molecule has 0 saturated carbocycles. The average molecular weight is 116 g/mol. The van der Waals surface area contributed by atoms with E-state index in [1.165, 1.54) is 0 Å². The van der Waals surface area contributed by atoms with Crippen molar-refractivity contribution in [2.24, 2.45) is 11.5 Å². The van der Waals surface area contributed by atoms with Crippen LogP contribution >= 0.6 is 0 Å². The first-order valence-corrected chi connectivity index (χ1v) is 2.56. The monoisotopic (exact) mass is 116 g/mol. The topological polar surface area (TPSA) is 72.3 Å². The summed E-state index contributed by atoms with van der Waals surface area (Å²) in [6.07, 6.45) is 2.22. The molecule has 0 heterocycles. The quantitative estimate of drug-likeness (QED) is 0.450. The molecular formula is C5H12N2O. The first-order chi connectivity index (χ1) is 3.81. The fourth-order valence-corrected chi connectivity index (χ4v) is 0.383. The van der Waals surface area contributed by atoms with Gasteiger partial charge in [-0.1, -0.05) is 6.08 Å². The predicted octanol–water partition coefficient (Wildman–Crippen LogP) is -0.830. The van der Waals surface area contributed by atoms with Gasteiger partial charge < -0.3 is 16.6 Å². The number of aliphatic hydroxyl groups excluding tert-OH is 1. The SMILES string of the molecule is NCC=C(N)CCO. The van der Waals surface area contributed by atoms with Crippen LogP contribution in [0.15, 0.2) is 11.8 Å². The molecule has 0 aliphatic heterocycles. The number of aliphatic hydroxyl groups is 1. The summed E-state index contributed by atoms with van der Waals surface area (Å²) >= 11 is 0. The molecule has 0 unspecified atom stereocenters. The van der Waals surface area contributed by atoms with Crippen LogP contribution in [-0.2, 0) is 0 Å². The van der Waals surface area contributed by atoms with E-state index in [-0.39, 0.29) is 6.61 Å². The van der Waals surface area contributed by atoms with Crippen molar-refractivity contribution in [3.8, 4) is 0 Å². The van der Waals surface area contributed by atoms with Gasteiger partial charge in [0.15, 0.2) is 0 Å². The van der Waals surface area contributed by atoms with Gasteiger partial charge >= 0.3 is 0 Å². The predicted molar refractivity (Wildman–Crippen MR) is 33.0 cm³/mol. The second kappa shape index (κ2) is 4.61. The van der Waals surface area contributed by atoms with Gasteiger partial charge in [-0.15, -0.1) is 0 Å². The second-order valence-electron chi connectivity index (χ2n) is 1.49. The normalized spacial score (nSPS) is 12.0. The molecule has 0 spiro atoms. The number of hydrogen-bond donors (Lipinski definition) is 3. The smallest absolute Gasteiger partial charge is 0.0485 e. The molecule has 0 aromatic carbocycles. The zero-order valence-corrected chi connectivity index (χ0v) is 4.80. The lowest BCUT2D eigenvalue weighted by atomic mass is 10.3. The van der Waals surface area contributed by atoms with Gasteiger partial charge in [-0.3, -0.25) is 0 Å². The maximum absolute atomic E-state index is 8.30. The molecule has 5 N–H and O–H groups in total. The fraction of sp³-hybridized carbons (Fsp3) is 0.600. The number of rotatable bonds is 3. The largest absolute Gasteiger partial charge is 0.402 e. The Morgan fingerprint density at radius 3 is 2.62 bits per heavy atom. The third-order valence-electron chi connectivity index (χ3n) is 0.781. The van der Waals surface area contributed by atoms with E-state index in [4.69, 9.17) is 16.6 Å². The van der Waals surface area contributed by atoms with Gasteiger partial charge in [0.05, 0.1) is 0 Å². The molecule has 0 aliphatic rings. The molecule has 0 aromatic heterocycles. The van der Waals surface area contributed by atoms with Crippen LogP contribution in [0.3, 0.4) is 0 Å².